The van der Waals surface area contributed by atoms with Crippen molar-refractivity contribution in [3.63, 3.8) is 0 Å². The van der Waals surface area contributed by atoms with E-state index in [9.17, 15) is 13.2 Å². The summed E-state index contributed by atoms with van der Waals surface area (Å²) in [6, 6.07) is 6.37. The van der Waals surface area contributed by atoms with Gasteiger partial charge in [0.05, 0.1) is 4.90 Å². The normalized spacial score (nSPS) is 24.3. The summed E-state index contributed by atoms with van der Waals surface area (Å²) in [7, 11) is -3.59. The van der Waals surface area contributed by atoms with E-state index >= 15 is 0 Å². The zero-order valence-corrected chi connectivity index (χ0v) is 16.9. The van der Waals surface area contributed by atoms with Gasteiger partial charge in [-0.05, 0) is 49.4 Å². The lowest BCUT2D eigenvalue weighted by molar-refractivity contribution is 0.0956. The highest BCUT2D eigenvalue weighted by Crippen LogP contribution is 2.27. The maximum atomic E-state index is 13.0. The molecule has 2 aliphatic heterocycles. The molecule has 1 aromatic carbocycles. The van der Waals surface area contributed by atoms with Gasteiger partial charge in [-0.3, -0.25) is 4.79 Å². The minimum Gasteiger partial charge on any atom is -0.348 e. The van der Waals surface area contributed by atoms with Crippen molar-refractivity contribution >= 4 is 15.9 Å². The SMILES string of the molecule is CC1CC(C)CN(S(=O)(=O)c2cccc(C(=O)NCC3=CCNCC3)c2)C1. The molecule has 2 unspecified atom stereocenters. The molecule has 2 atom stereocenters. The fourth-order valence-electron chi connectivity index (χ4n) is 3.87. The average molecular weight is 392 g/mol. The quantitative estimate of drug-likeness (QED) is 0.753. The van der Waals surface area contributed by atoms with Gasteiger partial charge < -0.3 is 10.6 Å². The molecule has 2 heterocycles. The fourth-order valence-corrected chi connectivity index (χ4v) is 5.60. The van der Waals surface area contributed by atoms with Crippen molar-refractivity contribution in [2.45, 2.75) is 31.6 Å². The predicted octanol–water partition coefficient (Wildman–Crippen LogP) is 2.00. The lowest BCUT2D eigenvalue weighted by Gasteiger charge is -2.34. The molecule has 0 aromatic heterocycles. The zero-order chi connectivity index (χ0) is 19.4. The molecule has 2 N–H and O–H groups in total. The van der Waals surface area contributed by atoms with Crippen molar-refractivity contribution in [1.29, 1.82) is 0 Å². The third-order valence-corrected chi connectivity index (χ3v) is 7.03. The molecule has 2 aliphatic rings. The van der Waals surface area contributed by atoms with Crippen LogP contribution >= 0.6 is 0 Å². The standard InChI is InChI=1S/C20H29N3O3S/c1-15-10-16(2)14-23(13-15)27(25,26)19-5-3-4-18(11-19)20(24)22-12-17-6-8-21-9-7-17/h3-6,11,15-16,21H,7-10,12-14H2,1-2H3,(H,22,24). The number of nitrogens with one attached hydrogen (secondary N) is 2. The molecule has 7 heteroatoms. The van der Waals surface area contributed by atoms with E-state index in [1.807, 2.05) is 0 Å². The van der Waals surface area contributed by atoms with E-state index in [2.05, 4.69) is 30.6 Å². The highest BCUT2D eigenvalue weighted by molar-refractivity contribution is 7.89. The molecule has 0 aliphatic carbocycles. The first-order valence-electron chi connectivity index (χ1n) is 9.63. The minimum atomic E-state index is -3.59. The van der Waals surface area contributed by atoms with Crippen molar-refractivity contribution < 1.29 is 13.2 Å². The Labute approximate surface area is 162 Å². The predicted molar refractivity (Wildman–Crippen MR) is 106 cm³/mol. The largest absolute Gasteiger partial charge is 0.348 e. The molecule has 1 saturated heterocycles. The number of benzene rings is 1. The second-order valence-corrected chi connectivity index (χ2v) is 9.73. The molecule has 6 nitrogen and oxygen atoms in total. The minimum absolute atomic E-state index is 0.192. The summed E-state index contributed by atoms with van der Waals surface area (Å²) in [5, 5.41) is 6.13. The highest BCUT2D eigenvalue weighted by atomic mass is 32.2. The Kier molecular flexibility index (Phi) is 6.34. The summed E-state index contributed by atoms with van der Waals surface area (Å²) < 4.78 is 27.6. The van der Waals surface area contributed by atoms with E-state index in [0.29, 0.717) is 37.0 Å². The van der Waals surface area contributed by atoms with Gasteiger partial charge in [0.2, 0.25) is 10.0 Å². The Balaban J connectivity index is 1.72. The Bertz CT molecular complexity index is 810. The van der Waals surface area contributed by atoms with Gasteiger partial charge in [-0.2, -0.15) is 4.31 Å². The van der Waals surface area contributed by atoms with Gasteiger partial charge in [0.15, 0.2) is 0 Å². The van der Waals surface area contributed by atoms with Crippen molar-refractivity contribution in [2.24, 2.45) is 11.8 Å². The number of amides is 1. The number of sulfonamides is 1. The maximum Gasteiger partial charge on any atom is 0.251 e. The Morgan fingerprint density at radius 3 is 2.67 bits per heavy atom. The first-order valence-corrected chi connectivity index (χ1v) is 11.1. The van der Waals surface area contributed by atoms with Crippen LogP contribution in [-0.2, 0) is 10.0 Å². The van der Waals surface area contributed by atoms with Crippen LogP contribution in [0.4, 0.5) is 0 Å². The van der Waals surface area contributed by atoms with Crippen molar-refractivity contribution in [3.05, 3.63) is 41.5 Å². The monoisotopic (exact) mass is 391 g/mol. The summed E-state index contributed by atoms with van der Waals surface area (Å²) in [6.07, 6.45) is 4.04. The molecule has 0 bridgehead atoms. The third kappa shape index (κ3) is 4.97. The number of nitrogens with zero attached hydrogens (tertiary/aromatic N) is 1. The number of piperidine rings is 1. The maximum absolute atomic E-state index is 13.0. The molecule has 0 radical (unpaired) electrons. The smallest absolute Gasteiger partial charge is 0.251 e. The van der Waals surface area contributed by atoms with E-state index in [4.69, 9.17) is 0 Å². The van der Waals surface area contributed by atoms with E-state index < -0.39 is 10.0 Å². The lowest BCUT2D eigenvalue weighted by atomic mass is 9.94. The topological polar surface area (TPSA) is 78.5 Å². The number of carbonyl (C=O) groups is 1. The Morgan fingerprint density at radius 1 is 1.26 bits per heavy atom. The van der Waals surface area contributed by atoms with Gasteiger partial charge >= 0.3 is 0 Å². The summed E-state index contributed by atoms with van der Waals surface area (Å²) in [5.74, 6) is 0.438. The molecule has 27 heavy (non-hydrogen) atoms. The number of hydrogen-bond donors (Lipinski definition) is 2. The number of rotatable bonds is 5. The van der Waals surface area contributed by atoms with Crippen LogP contribution in [0.25, 0.3) is 0 Å². The Hall–Kier alpha value is -1.70. The van der Waals surface area contributed by atoms with Crippen LogP contribution in [0.2, 0.25) is 0 Å². The van der Waals surface area contributed by atoms with Crippen LogP contribution < -0.4 is 10.6 Å². The Morgan fingerprint density at radius 2 is 2.00 bits per heavy atom. The van der Waals surface area contributed by atoms with Crippen LogP contribution in [0, 0.1) is 11.8 Å². The van der Waals surface area contributed by atoms with Gasteiger partial charge in [0, 0.05) is 31.7 Å². The second kappa shape index (κ2) is 8.54. The molecule has 0 spiro atoms. The summed E-state index contributed by atoms with van der Waals surface area (Å²) in [6.45, 7) is 7.47. The average Bonchev–Trinajstić information content (AvgIpc) is 2.66. The molecule has 148 valence electrons. The van der Waals surface area contributed by atoms with Crippen molar-refractivity contribution in [1.82, 2.24) is 14.9 Å². The van der Waals surface area contributed by atoms with E-state index in [1.54, 1.807) is 22.5 Å². The van der Waals surface area contributed by atoms with Crippen molar-refractivity contribution in [3.8, 4) is 0 Å². The molecular weight excluding hydrogens is 362 g/mol. The number of carbonyl (C=O) groups excluding carboxylic acids is 1. The third-order valence-electron chi connectivity index (χ3n) is 5.20. The fraction of sp³-hybridized carbons (Fsp3) is 0.550. The summed E-state index contributed by atoms with van der Waals surface area (Å²) in [5.41, 5.74) is 1.57. The molecule has 3 rings (SSSR count). The van der Waals surface area contributed by atoms with Gasteiger partial charge in [-0.15, -0.1) is 0 Å². The van der Waals surface area contributed by atoms with Gasteiger partial charge in [-0.1, -0.05) is 31.6 Å². The van der Waals surface area contributed by atoms with Crippen LogP contribution in [0.3, 0.4) is 0 Å². The van der Waals surface area contributed by atoms with E-state index in [0.717, 1.165) is 25.9 Å². The first kappa shape index (κ1) is 20.0. The van der Waals surface area contributed by atoms with Gasteiger partial charge in [-0.25, -0.2) is 8.42 Å². The summed E-state index contributed by atoms with van der Waals surface area (Å²) >= 11 is 0. The highest BCUT2D eigenvalue weighted by Gasteiger charge is 2.31. The van der Waals surface area contributed by atoms with Crippen LogP contribution in [0.15, 0.2) is 40.8 Å². The van der Waals surface area contributed by atoms with Crippen LogP contribution in [0.1, 0.15) is 37.0 Å². The first-order chi connectivity index (χ1) is 12.9. The zero-order valence-electron chi connectivity index (χ0n) is 16.1. The van der Waals surface area contributed by atoms with Gasteiger partial charge in [0.25, 0.3) is 5.91 Å². The number of hydrogen-bond acceptors (Lipinski definition) is 4. The molecular formula is C20H29N3O3S. The van der Waals surface area contributed by atoms with Gasteiger partial charge in [0.1, 0.15) is 0 Å². The van der Waals surface area contributed by atoms with Crippen LogP contribution in [0.5, 0.6) is 0 Å². The molecule has 1 fully saturated rings. The second-order valence-electron chi connectivity index (χ2n) is 7.80. The molecule has 1 aromatic rings. The van der Waals surface area contributed by atoms with E-state index in [-0.39, 0.29) is 10.8 Å². The summed E-state index contributed by atoms with van der Waals surface area (Å²) in [4.78, 5) is 12.7. The van der Waals surface area contributed by atoms with E-state index in [1.165, 1.54) is 11.6 Å². The molecule has 0 saturated carbocycles. The molecule has 1 amide bonds. The van der Waals surface area contributed by atoms with Crippen LogP contribution in [-0.4, -0.2) is 51.4 Å². The van der Waals surface area contributed by atoms with Crippen molar-refractivity contribution in [2.75, 3.05) is 32.7 Å². The lowest BCUT2D eigenvalue weighted by Crippen LogP contribution is -2.42.